The third kappa shape index (κ3) is 5.25. The molecule has 1 fully saturated rings. The largest absolute Gasteiger partial charge is 0.455 e. The smallest absolute Gasteiger partial charge is 0.311 e. The van der Waals surface area contributed by atoms with Crippen LogP contribution in [0.3, 0.4) is 0 Å². The van der Waals surface area contributed by atoms with Crippen molar-refractivity contribution in [3.63, 3.8) is 0 Å². The summed E-state index contributed by atoms with van der Waals surface area (Å²) in [5, 5.41) is 13.8. The van der Waals surface area contributed by atoms with Gasteiger partial charge in [-0.1, -0.05) is 12.1 Å². The zero-order valence-electron chi connectivity index (χ0n) is 17.5. The van der Waals surface area contributed by atoms with Gasteiger partial charge in [0.2, 0.25) is 5.91 Å². The molecule has 9 nitrogen and oxygen atoms in total. The number of nitrogens with zero attached hydrogens (tertiary/aromatic N) is 2. The molecule has 1 aliphatic heterocycles. The van der Waals surface area contributed by atoms with Crippen LogP contribution >= 0.6 is 0 Å². The molecular formula is C22H23N3O6. The van der Waals surface area contributed by atoms with E-state index in [-0.39, 0.29) is 24.6 Å². The van der Waals surface area contributed by atoms with Gasteiger partial charge in [-0.05, 0) is 50.1 Å². The number of nitro benzene ring substituents is 1. The Morgan fingerprint density at radius 3 is 2.48 bits per heavy atom. The number of amides is 2. The molecule has 1 aliphatic rings. The molecule has 2 aromatic rings. The fourth-order valence-corrected chi connectivity index (χ4v) is 3.58. The van der Waals surface area contributed by atoms with Gasteiger partial charge in [0.05, 0.1) is 16.5 Å². The fraction of sp³-hybridized carbons (Fsp3) is 0.318. The maximum Gasteiger partial charge on any atom is 0.311 e. The van der Waals surface area contributed by atoms with Gasteiger partial charge >= 0.3 is 5.97 Å². The molecule has 3 rings (SSSR count). The molecule has 1 saturated heterocycles. The quantitative estimate of drug-likeness (QED) is 0.432. The van der Waals surface area contributed by atoms with Crippen molar-refractivity contribution in [2.24, 2.45) is 5.92 Å². The summed E-state index contributed by atoms with van der Waals surface area (Å²) in [5.74, 6) is -2.22. The van der Waals surface area contributed by atoms with Crippen LogP contribution in [0.4, 0.5) is 17.1 Å². The van der Waals surface area contributed by atoms with Crippen molar-refractivity contribution < 1.29 is 24.0 Å². The number of nitro groups is 1. The van der Waals surface area contributed by atoms with Crippen molar-refractivity contribution in [3.05, 3.63) is 63.2 Å². The summed E-state index contributed by atoms with van der Waals surface area (Å²) in [7, 11) is 0. The molecule has 1 N–H and O–H groups in total. The number of esters is 1. The highest BCUT2D eigenvalue weighted by Crippen LogP contribution is 2.30. The summed E-state index contributed by atoms with van der Waals surface area (Å²) in [6, 6.07) is 10.1. The lowest BCUT2D eigenvalue weighted by atomic mass is 10.1. The Morgan fingerprint density at radius 2 is 1.84 bits per heavy atom. The molecule has 31 heavy (non-hydrogen) atoms. The molecular weight excluding hydrogens is 402 g/mol. The van der Waals surface area contributed by atoms with Gasteiger partial charge in [0.1, 0.15) is 0 Å². The highest BCUT2D eigenvalue weighted by atomic mass is 16.6. The number of carbonyl (C=O) groups excluding carboxylic acids is 3. The lowest BCUT2D eigenvalue weighted by Crippen LogP contribution is -2.28. The highest BCUT2D eigenvalue weighted by molar-refractivity contribution is 6.00. The number of ether oxygens (including phenoxy) is 1. The van der Waals surface area contributed by atoms with Gasteiger partial charge in [0, 0.05) is 30.3 Å². The summed E-state index contributed by atoms with van der Waals surface area (Å²) in [6.07, 6.45) is -0.0841. The molecule has 2 amide bonds. The van der Waals surface area contributed by atoms with Crippen molar-refractivity contribution >= 4 is 34.8 Å². The first-order chi connectivity index (χ1) is 14.6. The van der Waals surface area contributed by atoms with Crippen LogP contribution < -0.4 is 10.2 Å². The predicted octanol–water partition coefficient (Wildman–Crippen LogP) is 3.05. The summed E-state index contributed by atoms with van der Waals surface area (Å²) in [5.41, 5.74) is 3.33. The van der Waals surface area contributed by atoms with Gasteiger partial charge in [-0.25, -0.2) is 0 Å². The van der Waals surface area contributed by atoms with E-state index in [1.54, 1.807) is 31.2 Å². The molecule has 0 saturated carbocycles. The van der Waals surface area contributed by atoms with Crippen LogP contribution in [0, 0.1) is 36.8 Å². The van der Waals surface area contributed by atoms with E-state index in [9.17, 15) is 24.5 Å². The standard InChI is InChI=1S/C22H23N3O6/c1-13-6-14(2)8-17(7-13)23-20(26)12-31-22(28)16-9-21(27)24(11-16)18-5-4-15(3)19(10-18)25(29)30/h4-8,10,16H,9,11-12H2,1-3H3,(H,23,26)/t16-/m0/s1. The van der Waals surface area contributed by atoms with E-state index < -0.39 is 29.3 Å². The van der Waals surface area contributed by atoms with Crippen LogP contribution in [-0.2, 0) is 19.1 Å². The molecule has 0 bridgehead atoms. The van der Waals surface area contributed by atoms with Gasteiger partial charge < -0.3 is 15.0 Å². The monoisotopic (exact) mass is 425 g/mol. The first-order valence-corrected chi connectivity index (χ1v) is 9.74. The zero-order valence-corrected chi connectivity index (χ0v) is 17.5. The summed E-state index contributed by atoms with van der Waals surface area (Å²) in [6.45, 7) is 5.00. The maximum atomic E-state index is 12.4. The average molecular weight is 425 g/mol. The molecule has 2 aromatic carbocycles. The van der Waals surface area contributed by atoms with Gasteiger partial charge in [-0.2, -0.15) is 0 Å². The number of rotatable bonds is 6. The van der Waals surface area contributed by atoms with E-state index in [1.807, 2.05) is 19.9 Å². The van der Waals surface area contributed by atoms with Crippen LogP contribution in [-0.4, -0.2) is 35.9 Å². The van der Waals surface area contributed by atoms with Crippen LogP contribution in [0.2, 0.25) is 0 Å². The minimum Gasteiger partial charge on any atom is -0.455 e. The van der Waals surface area contributed by atoms with E-state index in [4.69, 9.17) is 4.74 Å². The highest BCUT2D eigenvalue weighted by Gasteiger charge is 2.37. The van der Waals surface area contributed by atoms with E-state index in [0.29, 0.717) is 16.9 Å². The Morgan fingerprint density at radius 1 is 1.16 bits per heavy atom. The number of hydrogen-bond donors (Lipinski definition) is 1. The molecule has 0 unspecified atom stereocenters. The topological polar surface area (TPSA) is 119 Å². The molecule has 1 heterocycles. The zero-order chi connectivity index (χ0) is 22.7. The number of aryl methyl sites for hydroxylation is 3. The second kappa shape index (κ2) is 8.95. The van der Waals surface area contributed by atoms with Crippen molar-refractivity contribution in [3.8, 4) is 0 Å². The predicted molar refractivity (Wildman–Crippen MR) is 114 cm³/mol. The van der Waals surface area contributed by atoms with Crippen molar-refractivity contribution in [1.29, 1.82) is 0 Å². The Labute approximate surface area is 179 Å². The third-order valence-electron chi connectivity index (χ3n) is 5.01. The lowest BCUT2D eigenvalue weighted by molar-refractivity contribution is -0.385. The van der Waals surface area contributed by atoms with Crippen LogP contribution in [0.15, 0.2) is 36.4 Å². The van der Waals surface area contributed by atoms with Crippen LogP contribution in [0.5, 0.6) is 0 Å². The molecule has 0 spiro atoms. The second-order valence-corrected chi connectivity index (χ2v) is 7.67. The number of nitrogens with one attached hydrogen (secondary N) is 1. The molecule has 0 aliphatic carbocycles. The number of benzene rings is 2. The normalized spacial score (nSPS) is 15.6. The van der Waals surface area contributed by atoms with E-state index in [2.05, 4.69) is 5.32 Å². The minimum absolute atomic E-state index is 0.0383. The van der Waals surface area contributed by atoms with Crippen LogP contribution in [0.1, 0.15) is 23.1 Å². The Kier molecular flexibility index (Phi) is 6.33. The number of anilines is 2. The Hall–Kier alpha value is -3.75. The molecule has 9 heteroatoms. The molecule has 162 valence electrons. The summed E-state index contributed by atoms with van der Waals surface area (Å²) in [4.78, 5) is 48.8. The first kappa shape index (κ1) is 21.9. The van der Waals surface area contributed by atoms with E-state index in [1.165, 1.54) is 11.0 Å². The Bertz CT molecular complexity index is 1040. The average Bonchev–Trinajstić information content (AvgIpc) is 3.07. The van der Waals surface area contributed by atoms with Gasteiger partial charge in [-0.15, -0.1) is 0 Å². The minimum atomic E-state index is -0.748. The fourth-order valence-electron chi connectivity index (χ4n) is 3.58. The van der Waals surface area contributed by atoms with Crippen molar-refractivity contribution in [2.75, 3.05) is 23.4 Å². The van der Waals surface area contributed by atoms with E-state index in [0.717, 1.165) is 11.1 Å². The van der Waals surface area contributed by atoms with Crippen molar-refractivity contribution in [1.82, 2.24) is 0 Å². The van der Waals surface area contributed by atoms with Gasteiger partial charge in [0.25, 0.3) is 11.6 Å². The third-order valence-corrected chi connectivity index (χ3v) is 5.01. The van der Waals surface area contributed by atoms with Crippen molar-refractivity contribution in [2.45, 2.75) is 27.2 Å². The van der Waals surface area contributed by atoms with Gasteiger partial charge in [0.15, 0.2) is 6.61 Å². The number of carbonyl (C=O) groups is 3. The summed E-state index contributed by atoms with van der Waals surface area (Å²) < 4.78 is 5.10. The first-order valence-electron chi connectivity index (χ1n) is 9.74. The molecule has 0 aromatic heterocycles. The van der Waals surface area contributed by atoms with Crippen LogP contribution in [0.25, 0.3) is 0 Å². The van der Waals surface area contributed by atoms with E-state index >= 15 is 0 Å². The second-order valence-electron chi connectivity index (χ2n) is 7.67. The maximum absolute atomic E-state index is 12.4. The summed E-state index contributed by atoms with van der Waals surface area (Å²) >= 11 is 0. The Balaban J connectivity index is 1.58. The molecule has 0 radical (unpaired) electrons. The SMILES string of the molecule is Cc1cc(C)cc(NC(=O)COC(=O)[C@H]2CC(=O)N(c3ccc(C)c([N+](=O)[O-])c3)C2)c1. The lowest BCUT2D eigenvalue weighted by Gasteiger charge is -2.16. The number of hydrogen-bond acceptors (Lipinski definition) is 6. The van der Waals surface area contributed by atoms with Gasteiger partial charge in [-0.3, -0.25) is 24.5 Å². The molecule has 1 atom stereocenters.